The molecule has 25 heavy (non-hydrogen) atoms. The SMILES string of the molecule is CCCCC(=O)NC(Cc1ccccc1)C(=O)Nc1ccc(F)cc1. The molecule has 0 radical (unpaired) electrons. The standard InChI is InChI=1S/C20H23FN2O2/c1-2-3-9-19(24)23-18(14-15-7-5-4-6-8-15)20(25)22-17-12-10-16(21)11-13-17/h4-8,10-13,18H,2-3,9,14H2,1H3,(H,22,25)(H,23,24). The molecule has 4 nitrogen and oxygen atoms in total. The van der Waals surface area contributed by atoms with Crippen LogP contribution in [0, 0.1) is 5.82 Å². The Hall–Kier alpha value is -2.69. The van der Waals surface area contributed by atoms with Gasteiger partial charge in [-0.05, 0) is 36.2 Å². The maximum atomic E-state index is 13.0. The molecular weight excluding hydrogens is 319 g/mol. The Kier molecular flexibility index (Phi) is 7.14. The minimum absolute atomic E-state index is 0.142. The number of carbonyl (C=O) groups is 2. The van der Waals surface area contributed by atoms with Crippen LogP contribution in [-0.4, -0.2) is 17.9 Å². The molecule has 1 unspecified atom stereocenters. The van der Waals surface area contributed by atoms with E-state index in [9.17, 15) is 14.0 Å². The monoisotopic (exact) mass is 342 g/mol. The Morgan fingerprint density at radius 1 is 1.04 bits per heavy atom. The first kappa shape index (κ1) is 18.6. The topological polar surface area (TPSA) is 58.2 Å². The fourth-order valence-corrected chi connectivity index (χ4v) is 2.43. The quantitative estimate of drug-likeness (QED) is 0.769. The molecule has 2 amide bonds. The van der Waals surface area contributed by atoms with Crippen LogP contribution in [0.3, 0.4) is 0 Å². The highest BCUT2D eigenvalue weighted by Gasteiger charge is 2.21. The lowest BCUT2D eigenvalue weighted by Gasteiger charge is -2.19. The second kappa shape index (κ2) is 9.57. The van der Waals surface area contributed by atoms with Gasteiger partial charge < -0.3 is 10.6 Å². The van der Waals surface area contributed by atoms with E-state index in [0.29, 0.717) is 18.5 Å². The van der Waals surface area contributed by atoms with Gasteiger partial charge in [-0.1, -0.05) is 43.7 Å². The van der Waals surface area contributed by atoms with E-state index in [0.717, 1.165) is 18.4 Å². The predicted molar refractivity (Wildman–Crippen MR) is 96.6 cm³/mol. The van der Waals surface area contributed by atoms with E-state index in [2.05, 4.69) is 10.6 Å². The van der Waals surface area contributed by atoms with Crippen molar-refractivity contribution < 1.29 is 14.0 Å². The summed E-state index contributed by atoms with van der Waals surface area (Å²) in [6.07, 6.45) is 2.49. The van der Waals surface area contributed by atoms with Crippen LogP contribution in [0.4, 0.5) is 10.1 Å². The number of amides is 2. The van der Waals surface area contributed by atoms with Gasteiger partial charge in [0.15, 0.2) is 0 Å². The normalized spacial score (nSPS) is 11.6. The van der Waals surface area contributed by atoms with Crippen molar-refractivity contribution >= 4 is 17.5 Å². The lowest BCUT2D eigenvalue weighted by molar-refractivity contribution is -0.126. The van der Waals surface area contributed by atoms with E-state index in [1.54, 1.807) is 0 Å². The summed E-state index contributed by atoms with van der Waals surface area (Å²) in [5.41, 5.74) is 1.45. The summed E-state index contributed by atoms with van der Waals surface area (Å²) in [5, 5.41) is 5.54. The Labute approximate surface area is 147 Å². The third kappa shape index (κ3) is 6.37. The van der Waals surface area contributed by atoms with Gasteiger partial charge in [-0.15, -0.1) is 0 Å². The van der Waals surface area contributed by atoms with E-state index < -0.39 is 6.04 Å². The molecule has 0 spiro atoms. The number of anilines is 1. The molecule has 0 heterocycles. The van der Waals surface area contributed by atoms with E-state index in [1.807, 2.05) is 37.3 Å². The maximum Gasteiger partial charge on any atom is 0.247 e. The van der Waals surface area contributed by atoms with Crippen LogP contribution in [-0.2, 0) is 16.0 Å². The smallest absolute Gasteiger partial charge is 0.247 e. The molecule has 1 atom stereocenters. The van der Waals surface area contributed by atoms with Gasteiger partial charge in [0, 0.05) is 18.5 Å². The molecule has 0 fully saturated rings. The minimum atomic E-state index is -0.684. The van der Waals surface area contributed by atoms with E-state index >= 15 is 0 Å². The van der Waals surface area contributed by atoms with Crippen molar-refractivity contribution in [2.24, 2.45) is 0 Å². The molecule has 0 saturated carbocycles. The molecule has 0 bridgehead atoms. The van der Waals surface area contributed by atoms with Gasteiger partial charge in [0.1, 0.15) is 11.9 Å². The van der Waals surface area contributed by atoms with Crippen LogP contribution in [0.5, 0.6) is 0 Å². The first-order valence-corrected chi connectivity index (χ1v) is 8.48. The zero-order valence-corrected chi connectivity index (χ0v) is 14.3. The number of carbonyl (C=O) groups excluding carboxylic acids is 2. The lowest BCUT2D eigenvalue weighted by Crippen LogP contribution is -2.45. The van der Waals surface area contributed by atoms with Crippen molar-refractivity contribution in [1.82, 2.24) is 5.32 Å². The summed E-state index contributed by atoms with van der Waals surface area (Å²) < 4.78 is 13.0. The van der Waals surface area contributed by atoms with Gasteiger partial charge in [-0.3, -0.25) is 9.59 Å². The van der Waals surface area contributed by atoms with E-state index in [4.69, 9.17) is 0 Å². The molecule has 5 heteroatoms. The first-order valence-electron chi connectivity index (χ1n) is 8.48. The molecule has 2 N–H and O–H groups in total. The van der Waals surface area contributed by atoms with Gasteiger partial charge in [0.25, 0.3) is 0 Å². The summed E-state index contributed by atoms with van der Waals surface area (Å²) >= 11 is 0. The number of nitrogens with one attached hydrogen (secondary N) is 2. The number of halogens is 1. The van der Waals surface area contributed by atoms with Crippen LogP contribution in [0.15, 0.2) is 54.6 Å². The molecule has 132 valence electrons. The number of hydrogen-bond donors (Lipinski definition) is 2. The van der Waals surface area contributed by atoms with Gasteiger partial charge in [-0.25, -0.2) is 4.39 Å². The van der Waals surface area contributed by atoms with Gasteiger partial charge in [0.2, 0.25) is 11.8 Å². The van der Waals surface area contributed by atoms with Crippen LogP contribution >= 0.6 is 0 Å². The number of benzene rings is 2. The van der Waals surface area contributed by atoms with Crippen molar-refractivity contribution in [2.75, 3.05) is 5.32 Å². The molecular formula is C20H23FN2O2. The average molecular weight is 342 g/mol. The minimum Gasteiger partial charge on any atom is -0.344 e. The highest BCUT2D eigenvalue weighted by Crippen LogP contribution is 2.11. The third-order valence-electron chi connectivity index (χ3n) is 3.80. The second-order valence-corrected chi connectivity index (χ2v) is 5.91. The molecule has 0 aliphatic rings. The largest absolute Gasteiger partial charge is 0.344 e. The molecule has 2 aromatic carbocycles. The molecule has 2 aromatic rings. The van der Waals surface area contributed by atoms with Crippen LogP contribution in [0.1, 0.15) is 31.7 Å². The fourth-order valence-electron chi connectivity index (χ4n) is 2.43. The van der Waals surface area contributed by atoms with Gasteiger partial charge in [-0.2, -0.15) is 0 Å². The number of hydrogen-bond acceptors (Lipinski definition) is 2. The fraction of sp³-hybridized carbons (Fsp3) is 0.300. The summed E-state index contributed by atoms with van der Waals surface area (Å²) in [5.74, 6) is -0.830. The molecule has 2 rings (SSSR count). The zero-order valence-electron chi connectivity index (χ0n) is 14.3. The van der Waals surface area contributed by atoms with Crippen molar-refractivity contribution in [3.8, 4) is 0 Å². The Morgan fingerprint density at radius 3 is 2.36 bits per heavy atom. The molecule has 0 aliphatic carbocycles. The second-order valence-electron chi connectivity index (χ2n) is 5.91. The van der Waals surface area contributed by atoms with Gasteiger partial charge in [0.05, 0.1) is 0 Å². The summed E-state index contributed by atoms with van der Waals surface area (Å²) in [7, 11) is 0. The molecule has 0 aromatic heterocycles. The Bertz CT molecular complexity index is 687. The van der Waals surface area contributed by atoms with E-state index in [-0.39, 0.29) is 17.6 Å². The summed E-state index contributed by atoms with van der Waals surface area (Å²) in [6, 6.07) is 14.4. The van der Waals surface area contributed by atoms with Gasteiger partial charge >= 0.3 is 0 Å². The van der Waals surface area contributed by atoms with Crippen LogP contribution in [0.2, 0.25) is 0 Å². The van der Waals surface area contributed by atoms with Crippen LogP contribution < -0.4 is 10.6 Å². The lowest BCUT2D eigenvalue weighted by atomic mass is 10.0. The Morgan fingerprint density at radius 2 is 1.72 bits per heavy atom. The highest BCUT2D eigenvalue weighted by molar-refractivity contribution is 5.97. The molecule has 0 saturated heterocycles. The summed E-state index contributed by atoms with van der Waals surface area (Å²) in [4.78, 5) is 24.7. The maximum absolute atomic E-state index is 13.0. The number of rotatable bonds is 8. The van der Waals surface area contributed by atoms with Crippen molar-refractivity contribution in [2.45, 2.75) is 38.6 Å². The Balaban J connectivity index is 2.07. The third-order valence-corrected chi connectivity index (χ3v) is 3.80. The average Bonchev–Trinajstić information content (AvgIpc) is 2.62. The number of unbranched alkanes of at least 4 members (excludes halogenated alkanes) is 1. The predicted octanol–water partition coefficient (Wildman–Crippen LogP) is 3.68. The van der Waals surface area contributed by atoms with Crippen LogP contribution in [0.25, 0.3) is 0 Å². The first-order chi connectivity index (χ1) is 12.1. The highest BCUT2D eigenvalue weighted by atomic mass is 19.1. The summed E-state index contributed by atoms with van der Waals surface area (Å²) in [6.45, 7) is 2.01. The van der Waals surface area contributed by atoms with Crippen molar-refractivity contribution in [1.29, 1.82) is 0 Å². The molecule has 0 aliphatic heterocycles. The van der Waals surface area contributed by atoms with Crippen molar-refractivity contribution in [3.63, 3.8) is 0 Å². The van der Waals surface area contributed by atoms with Crippen molar-refractivity contribution in [3.05, 3.63) is 66.0 Å². The van der Waals surface area contributed by atoms with E-state index in [1.165, 1.54) is 24.3 Å². The zero-order chi connectivity index (χ0) is 18.1.